The van der Waals surface area contributed by atoms with Gasteiger partial charge in [0, 0.05) is 13.1 Å². The summed E-state index contributed by atoms with van der Waals surface area (Å²) >= 11 is 0. The van der Waals surface area contributed by atoms with Crippen molar-refractivity contribution in [3.8, 4) is 0 Å². The van der Waals surface area contributed by atoms with Gasteiger partial charge in [-0.15, -0.1) is 0 Å². The molecule has 0 aliphatic carbocycles. The fourth-order valence-electron chi connectivity index (χ4n) is 1.72. The van der Waals surface area contributed by atoms with Crippen molar-refractivity contribution in [2.45, 2.75) is 32.7 Å². The van der Waals surface area contributed by atoms with Crippen LogP contribution in [0.15, 0.2) is 0 Å². The van der Waals surface area contributed by atoms with Crippen LogP contribution in [0.25, 0.3) is 0 Å². The smallest absolute Gasteiger partial charge is 0.317 e. The maximum atomic E-state index is 11.6. The van der Waals surface area contributed by atoms with Gasteiger partial charge in [-0.05, 0) is 25.7 Å². The zero-order chi connectivity index (χ0) is 10.6. The molecule has 0 aromatic rings. The molecule has 82 valence electrons. The van der Waals surface area contributed by atoms with Crippen molar-refractivity contribution >= 4 is 6.03 Å². The average Bonchev–Trinajstić information content (AvgIpc) is 2.17. The first-order chi connectivity index (χ1) is 6.63. The van der Waals surface area contributed by atoms with E-state index >= 15 is 0 Å². The largest absolute Gasteiger partial charge is 0.394 e. The van der Waals surface area contributed by atoms with Gasteiger partial charge in [-0.25, -0.2) is 4.79 Å². The lowest BCUT2D eigenvalue weighted by atomic mass is 10.0. The van der Waals surface area contributed by atoms with Crippen LogP contribution in [0.1, 0.15) is 26.7 Å². The van der Waals surface area contributed by atoms with Crippen LogP contribution in [-0.2, 0) is 0 Å². The second-order valence-corrected chi connectivity index (χ2v) is 4.23. The lowest BCUT2D eigenvalue weighted by Crippen LogP contribution is -2.48. The van der Waals surface area contributed by atoms with Crippen LogP contribution in [0.2, 0.25) is 0 Å². The first-order valence-electron chi connectivity index (χ1n) is 5.29. The van der Waals surface area contributed by atoms with Gasteiger partial charge in [0.25, 0.3) is 0 Å². The number of urea groups is 1. The lowest BCUT2D eigenvalue weighted by Gasteiger charge is -2.31. The van der Waals surface area contributed by atoms with Gasteiger partial charge in [0.05, 0.1) is 12.6 Å². The molecular weight excluding hydrogens is 180 g/mol. The Hall–Kier alpha value is -0.770. The molecule has 1 fully saturated rings. The van der Waals surface area contributed by atoms with Crippen LogP contribution in [0.3, 0.4) is 0 Å². The Morgan fingerprint density at radius 2 is 2.43 bits per heavy atom. The molecule has 2 amide bonds. The number of amides is 2. The molecule has 1 saturated heterocycles. The number of hydrogen-bond donors (Lipinski definition) is 2. The fraction of sp³-hybridized carbons (Fsp3) is 0.900. The molecule has 0 bridgehead atoms. The number of aliphatic hydroxyl groups is 1. The van der Waals surface area contributed by atoms with Gasteiger partial charge in [0.1, 0.15) is 0 Å². The summed E-state index contributed by atoms with van der Waals surface area (Å²) < 4.78 is 0. The SMILES string of the molecule is CC1CCCN(C(=O)N[C@H](C)CO)C1. The minimum absolute atomic E-state index is 0.00483. The summed E-state index contributed by atoms with van der Waals surface area (Å²) in [6, 6.07) is -0.196. The number of piperidine rings is 1. The van der Waals surface area contributed by atoms with E-state index in [0.717, 1.165) is 19.5 Å². The number of hydrogen-bond acceptors (Lipinski definition) is 2. The highest BCUT2D eigenvalue weighted by atomic mass is 16.3. The number of nitrogens with zero attached hydrogens (tertiary/aromatic N) is 1. The molecule has 1 aliphatic rings. The third-order valence-corrected chi connectivity index (χ3v) is 2.59. The van der Waals surface area contributed by atoms with Crippen LogP contribution >= 0.6 is 0 Å². The summed E-state index contributed by atoms with van der Waals surface area (Å²) in [7, 11) is 0. The van der Waals surface area contributed by atoms with E-state index < -0.39 is 0 Å². The van der Waals surface area contributed by atoms with E-state index in [-0.39, 0.29) is 18.7 Å². The molecule has 4 nitrogen and oxygen atoms in total. The third kappa shape index (κ3) is 3.18. The second-order valence-electron chi connectivity index (χ2n) is 4.23. The third-order valence-electron chi connectivity index (χ3n) is 2.59. The van der Waals surface area contributed by atoms with Gasteiger partial charge in [0.2, 0.25) is 0 Å². The highest BCUT2D eigenvalue weighted by Gasteiger charge is 2.21. The molecule has 0 aromatic carbocycles. The molecule has 2 N–H and O–H groups in total. The van der Waals surface area contributed by atoms with Crippen LogP contribution < -0.4 is 5.32 Å². The Balaban J connectivity index is 2.36. The number of rotatable bonds is 2. The predicted molar refractivity (Wildman–Crippen MR) is 55.1 cm³/mol. The molecule has 1 unspecified atom stereocenters. The van der Waals surface area contributed by atoms with Gasteiger partial charge in [-0.2, -0.15) is 0 Å². The molecule has 4 heteroatoms. The molecule has 1 heterocycles. The number of nitrogens with one attached hydrogen (secondary N) is 1. The van der Waals surface area contributed by atoms with Crippen LogP contribution in [0.4, 0.5) is 4.79 Å². The number of likely N-dealkylation sites (tertiary alicyclic amines) is 1. The Kier molecular flexibility index (Phi) is 4.20. The van der Waals surface area contributed by atoms with E-state index in [1.54, 1.807) is 6.92 Å². The minimum atomic E-state index is -0.153. The summed E-state index contributed by atoms with van der Waals surface area (Å²) in [5.41, 5.74) is 0. The normalized spacial score (nSPS) is 24.5. The Bertz CT molecular complexity index is 197. The van der Waals surface area contributed by atoms with E-state index in [2.05, 4.69) is 12.2 Å². The van der Waals surface area contributed by atoms with Gasteiger partial charge in [0.15, 0.2) is 0 Å². The fourth-order valence-corrected chi connectivity index (χ4v) is 1.72. The topological polar surface area (TPSA) is 52.6 Å². The molecule has 1 rings (SSSR count). The van der Waals surface area contributed by atoms with Crippen LogP contribution in [0.5, 0.6) is 0 Å². The molecule has 0 spiro atoms. The van der Waals surface area contributed by atoms with Gasteiger partial charge in [-0.1, -0.05) is 6.92 Å². The van der Waals surface area contributed by atoms with Crippen molar-refractivity contribution in [3.05, 3.63) is 0 Å². The van der Waals surface area contributed by atoms with Gasteiger partial charge in [-0.3, -0.25) is 0 Å². The first kappa shape index (κ1) is 11.3. The Labute approximate surface area is 85.3 Å². The van der Waals surface area contributed by atoms with Crippen molar-refractivity contribution < 1.29 is 9.90 Å². The molecule has 0 aromatic heterocycles. The van der Waals surface area contributed by atoms with Gasteiger partial charge >= 0.3 is 6.03 Å². The van der Waals surface area contributed by atoms with E-state index in [9.17, 15) is 4.79 Å². The maximum absolute atomic E-state index is 11.6. The standard InChI is InChI=1S/C10H20N2O2/c1-8-4-3-5-12(6-8)10(14)11-9(2)7-13/h8-9,13H,3-7H2,1-2H3,(H,11,14)/t8?,9-/m1/s1. The summed E-state index contributed by atoms with van der Waals surface area (Å²) in [5.74, 6) is 0.596. The molecule has 1 aliphatic heterocycles. The highest BCUT2D eigenvalue weighted by molar-refractivity contribution is 5.74. The number of carbonyl (C=O) groups excluding carboxylic acids is 1. The summed E-state index contributed by atoms with van der Waals surface area (Å²) in [4.78, 5) is 13.5. The molecule has 14 heavy (non-hydrogen) atoms. The second kappa shape index (κ2) is 5.20. The van der Waals surface area contributed by atoms with Crippen molar-refractivity contribution in [1.82, 2.24) is 10.2 Å². The summed E-state index contributed by atoms with van der Waals surface area (Å²) in [6.07, 6.45) is 2.29. The summed E-state index contributed by atoms with van der Waals surface area (Å²) in [6.45, 7) is 5.63. The van der Waals surface area contributed by atoms with Crippen LogP contribution in [0, 0.1) is 5.92 Å². The van der Waals surface area contributed by atoms with Gasteiger partial charge < -0.3 is 15.3 Å². The molecule has 0 radical (unpaired) electrons. The maximum Gasteiger partial charge on any atom is 0.317 e. The zero-order valence-electron chi connectivity index (χ0n) is 8.99. The van der Waals surface area contributed by atoms with E-state index in [1.165, 1.54) is 6.42 Å². The lowest BCUT2D eigenvalue weighted by molar-refractivity contribution is 0.160. The first-order valence-corrected chi connectivity index (χ1v) is 5.29. The quantitative estimate of drug-likeness (QED) is 0.693. The number of aliphatic hydroxyl groups excluding tert-OH is 1. The predicted octanol–water partition coefficient (Wildman–Crippen LogP) is 0.809. The molecular formula is C10H20N2O2. The minimum Gasteiger partial charge on any atom is -0.394 e. The van der Waals surface area contributed by atoms with Crippen LogP contribution in [-0.4, -0.2) is 41.8 Å². The average molecular weight is 200 g/mol. The van der Waals surface area contributed by atoms with E-state index in [4.69, 9.17) is 5.11 Å². The molecule has 2 atom stereocenters. The van der Waals surface area contributed by atoms with E-state index in [1.807, 2.05) is 4.90 Å². The van der Waals surface area contributed by atoms with Crippen molar-refractivity contribution in [1.29, 1.82) is 0 Å². The number of carbonyl (C=O) groups is 1. The Morgan fingerprint density at radius 3 is 3.00 bits per heavy atom. The summed E-state index contributed by atoms with van der Waals surface area (Å²) in [5, 5.41) is 11.6. The monoisotopic (exact) mass is 200 g/mol. The Morgan fingerprint density at radius 1 is 1.71 bits per heavy atom. The molecule has 0 saturated carbocycles. The van der Waals surface area contributed by atoms with E-state index in [0.29, 0.717) is 5.92 Å². The van der Waals surface area contributed by atoms with Crippen molar-refractivity contribution in [2.75, 3.05) is 19.7 Å². The van der Waals surface area contributed by atoms with Crippen molar-refractivity contribution in [3.63, 3.8) is 0 Å². The highest BCUT2D eigenvalue weighted by Crippen LogP contribution is 2.15. The zero-order valence-corrected chi connectivity index (χ0v) is 8.99. The van der Waals surface area contributed by atoms with Crippen molar-refractivity contribution in [2.24, 2.45) is 5.92 Å².